The molecule has 26 heavy (non-hydrogen) atoms. The number of ether oxygens (including phenoxy) is 1. The van der Waals surface area contributed by atoms with E-state index in [9.17, 15) is 4.79 Å². The molecular weight excluding hydrogens is 348 g/mol. The molecule has 1 aromatic heterocycles. The Morgan fingerprint density at radius 2 is 2.08 bits per heavy atom. The standard InChI is InChI=1S/C21H21ClN2O2/c1-26-20-7-3-2-6-17(20)21(25)24-10-4-5-14(13-24)19-12-15-11-16(22)8-9-18(15)23-19/h2-3,6-9,11-12,14,23H,4-5,10,13H2,1H3. The SMILES string of the molecule is COc1ccccc1C(=O)N1CCCC(c2cc3cc(Cl)ccc3[nH]2)C1. The van der Waals surface area contributed by atoms with Crippen LogP contribution >= 0.6 is 11.6 Å². The van der Waals surface area contributed by atoms with Gasteiger partial charge >= 0.3 is 0 Å². The highest BCUT2D eigenvalue weighted by Gasteiger charge is 2.27. The predicted octanol–water partition coefficient (Wildman–Crippen LogP) is 4.85. The monoisotopic (exact) mass is 368 g/mol. The van der Waals surface area contributed by atoms with Crippen LogP contribution in [0.3, 0.4) is 0 Å². The predicted molar refractivity (Wildman–Crippen MR) is 104 cm³/mol. The van der Waals surface area contributed by atoms with E-state index >= 15 is 0 Å². The molecule has 1 N–H and O–H groups in total. The first-order valence-corrected chi connectivity index (χ1v) is 9.24. The third kappa shape index (κ3) is 3.17. The van der Waals surface area contributed by atoms with Crippen molar-refractivity contribution < 1.29 is 9.53 Å². The number of aromatic amines is 1. The zero-order valence-corrected chi connectivity index (χ0v) is 15.4. The molecule has 134 valence electrons. The number of nitrogens with zero attached hydrogens (tertiary/aromatic N) is 1. The van der Waals surface area contributed by atoms with Gasteiger partial charge in [0.1, 0.15) is 5.75 Å². The van der Waals surface area contributed by atoms with E-state index in [2.05, 4.69) is 11.1 Å². The summed E-state index contributed by atoms with van der Waals surface area (Å²) >= 11 is 6.10. The summed E-state index contributed by atoms with van der Waals surface area (Å²) in [5, 5.41) is 1.85. The van der Waals surface area contributed by atoms with Crippen molar-refractivity contribution in [2.24, 2.45) is 0 Å². The number of H-pyrrole nitrogens is 1. The summed E-state index contributed by atoms with van der Waals surface area (Å²) in [4.78, 5) is 18.4. The quantitative estimate of drug-likeness (QED) is 0.718. The Balaban J connectivity index is 1.57. The fourth-order valence-corrected chi connectivity index (χ4v) is 3.93. The minimum Gasteiger partial charge on any atom is -0.496 e. The molecule has 0 spiro atoms. The lowest BCUT2D eigenvalue weighted by Crippen LogP contribution is -2.39. The number of piperidine rings is 1. The van der Waals surface area contributed by atoms with Crippen LogP contribution in [0.2, 0.25) is 5.02 Å². The number of rotatable bonds is 3. The second-order valence-electron chi connectivity index (χ2n) is 6.75. The van der Waals surface area contributed by atoms with Crippen LogP contribution in [0.4, 0.5) is 0 Å². The second-order valence-corrected chi connectivity index (χ2v) is 7.18. The normalized spacial score (nSPS) is 17.5. The van der Waals surface area contributed by atoms with Crippen LogP contribution in [0, 0.1) is 0 Å². The fourth-order valence-electron chi connectivity index (χ4n) is 3.75. The number of halogens is 1. The van der Waals surface area contributed by atoms with Crippen LogP contribution in [0.15, 0.2) is 48.5 Å². The van der Waals surface area contributed by atoms with Crippen molar-refractivity contribution in [3.05, 3.63) is 64.8 Å². The van der Waals surface area contributed by atoms with Gasteiger partial charge in [-0.3, -0.25) is 4.79 Å². The number of carbonyl (C=O) groups is 1. The Labute approximate surface area is 157 Å². The Hall–Kier alpha value is -2.46. The van der Waals surface area contributed by atoms with Gasteiger partial charge in [0.2, 0.25) is 0 Å². The van der Waals surface area contributed by atoms with Crippen LogP contribution < -0.4 is 4.74 Å². The van der Waals surface area contributed by atoms with Crippen molar-refractivity contribution in [1.82, 2.24) is 9.88 Å². The van der Waals surface area contributed by atoms with Crippen molar-refractivity contribution in [3.8, 4) is 5.75 Å². The number of nitrogens with one attached hydrogen (secondary N) is 1. The van der Waals surface area contributed by atoms with E-state index in [1.807, 2.05) is 47.4 Å². The van der Waals surface area contributed by atoms with Gasteiger partial charge in [0.25, 0.3) is 5.91 Å². The van der Waals surface area contributed by atoms with Crippen molar-refractivity contribution >= 4 is 28.4 Å². The molecule has 1 atom stereocenters. The van der Waals surface area contributed by atoms with E-state index in [0.29, 0.717) is 23.8 Å². The molecule has 4 rings (SSSR count). The molecule has 1 aliphatic rings. The maximum Gasteiger partial charge on any atom is 0.257 e. The number of benzene rings is 2. The topological polar surface area (TPSA) is 45.3 Å². The molecule has 2 aromatic carbocycles. The minimum atomic E-state index is 0.0336. The molecular formula is C21H21ClN2O2. The number of hydrogen-bond donors (Lipinski definition) is 1. The lowest BCUT2D eigenvalue weighted by molar-refractivity contribution is 0.0703. The summed E-state index contributed by atoms with van der Waals surface area (Å²) in [5.74, 6) is 0.958. The number of aromatic nitrogens is 1. The highest BCUT2D eigenvalue weighted by Crippen LogP contribution is 2.31. The lowest BCUT2D eigenvalue weighted by atomic mass is 9.94. The third-order valence-electron chi connectivity index (χ3n) is 5.09. The maximum atomic E-state index is 13.0. The molecule has 3 aromatic rings. The summed E-state index contributed by atoms with van der Waals surface area (Å²) in [5.41, 5.74) is 2.87. The molecule has 1 fully saturated rings. The van der Waals surface area contributed by atoms with E-state index in [-0.39, 0.29) is 5.91 Å². The first-order chi connectivity index (χ1) is 12.7. The first-order valence-electron chi connectivity index (χ1n) is 8.86. The molecule has 0 bridgehead atoms. The van der Waals surface area contributed by atoms with Gasteiger partial charge in [0.05, 0.1) is 12.7 Å². The number of carbonyl (C=O) groups excluding carboxylic acids is 1. The van der Waals surface area contributed by atoms with Gasteiger partial charge in [-0.25, -0.2) is 0 Å². The molecule has 0 saturated carbocycles. The number of amides is 1. The third-order valence-corrected chi connectivity index (χ3v) is 5.32. The van der Waals surface area contributed by atoms with E-state index < -0.39 is 0 Å². The zero-order chi connectivity index (χ0) is 18.1. The number of fused-ring (bicyclic) bond motifs is 1. The van der Waals surface area contributed by atoms with Gasteiger partial charge in [-0.15, -0.1) is 0 Å². The molecule has 2 heterocycles. The molecule has 1 saturated heterocycles. The Morgan fingerprint density at radius 3 is 2.92 bits per heavy atom. The molecule has 1 aliphatic heterocycles. The summed E-state index contributed by atoms with van der Waals surface area (Å²) < 4.78 is 5.35. The number of para-hydroxylation sites is 1. The van der Waals surface area contributed by atoms with Gasteiger partial charge in [-0.2, -0.15) is 0 Å². The van der Waals surface area contributed by atoms with Crippen LogP contribution in [-0.4, -0.2) is 36.0 Å². The van der Waals surface area contributed by atoms with Gasteiger partial charge in [-0.05, 0) is 49.2 Å². The van der Waals surface area contributed by atoms with E-state index in [4.69, 9.17) is 16.3 Å². The largest absolute Gasteiger partial charge is 0.496 e. The molecule has 4 nitrogen and oxygen atoms in total. The molecule has 0 aliphatic carbocycles. The van der Waals surface area contributed by atoms with Crippen LogP contribution in [0.25, 0.3) is 10.9 Å². The smallest absolute Gasteiger partial charge is 0.257 e. The van der Waals surface area contributed by atoms with Crippen molar-refractivity contribution in [1.29, 1.82) is 0 Å². The molecule has 1 amide bonds. The van der Waals surface area contributed by atoms with Gasteiger partial charge in [0.15, 0.2) is 0 Å². The summed E-state index contributed by atoms with van der Waals surface area (Å²) in [6.45, 7) is 1.48. The number of hydrogen-bond acceptors (Lipinski definition) is 2. The highest BCUT2D eigenvalue weighted by molar-refractivity contribution is 6.31. The molecule has 0 radical (unpaired) electrons. The summed E-state index contributed by atoms with van der Waals surface area (Å²) in [6.07, 6.45) is 2.05. The Morgan fingerprint density at radius 1 is 1.23 bits per heavy atom. The van der Waals surface area contributed by atoms with Crippen LogP contribution in [0.1, 0.15) is 34.8 Å². The number of likely N-dealkylation sites (tertiary alicyclic amines) is 1. The fraction of sp³-hybridized carbons (Fsp3) is 0.286. The molecule has 1 unspecified atom stereocenters. The summed E-state index contributed by atoms with van der Waals surface area (Å²) in [7, 11) is 1.60. The van der Waals surface area contributed by atoms with E-state index in [1.165, 1.54) is 5.69 Å². The average Bonchev–Trinajstić information content (AvgIpc) is 3.10. The van der Waals surface area contributed by atoms with Crippen molar-refractivity contribution in [2.75, 3.05) is 20.2 Å². The minimum absolute atomic E-state index is 0.0336. The lowest BCUT2D eigenvalue weighted by Gasteiger charge is -2.32. The summed E-state index contributed by atoms with van der Waals surface area (Å²) in [6, 6.07) is 15.4. The highest BCUT2D eigenvalue weighted by atomic mass is 35.5. The van der Waals surface area contributed by atoms with Gasteiger partial charge in [-0.1, -0.05) is 23.7 Å². The first kappa shape index (κ1) is 17.0. The van der Waals surface area contributed by atoms with Gasteiger partial charge < -0.3 is 14.6 Å². The van der Waals surface area contributed by atoms with Crippen LogP contribution in [-0.2, 0) is 0 Å². The van der Waals surface area contributed by atoms with Crippen LogP contribution in [0.5, 0.6) is 5.75 Å². The molecule has 5 heteroatoms. The Kier molecular flexibility index (Phi) is 4.60. The maximum absolute atomic E-state index is 13.0. The van der Waals surface area contributed by atoms with Crippen molar-refractivity contribution in [3.63, 3.8) is 0 Å². The average molecular weight is 369 g/mol. The van der Waals surface area contributed by atoms with E-state index in [0.717, 1.165) is 35.3 Å². The second kappa shape index (κ2) is 7.04. The zero-order valence-electron chi connectivity index (χ0n) is 14.7. The van der Waals surface area contributed by atoms with Crippen molar-refractivity contribution in [2.45, 2.75) is 18.8 Å². The van der Waals surface area contributed by atoms with Gasteiger partial charge in [0, 0.05) is 40.6 Å². The van der Waals surface area contributed by atoms with E-state index in [1.54, 1.807) is 7.11 Å². The number of methoxy groups -OCH3 is 1. The Bertz CT molecular complexity index is 950.